The van der Waals surface area contributed by atoms with E-state index in [2.05, 4.69) is 16.9 Å². The molecule has 0 unspecified atom stereocenters. The van der Waals surface area contributed by atoms with Gasteiger partial charge in [0, 0.05) is 27.2 Å². The molecule has 0 aromatic heterocycles. The summed E-state index contributed by atoms with van der Waals surface area (Å²) in [5.74, 6) is 0.755. The van der Waals surface area contributed by atoms with Crippen LogP contribution in [0.4, 0.5) is 0 Å². The highest BCUT2D eigenvalue weighted by Crippen LogP contribution is 2.09. The van der Waals surface area contributed by atoms with Crippen molar-refractivity contribution in [2.45, 2.75) is 24.3 Å². The van der Waals surface area contributed by atoms with E-state index in [1.807, 2.05) is 24.1 Å². The Balaban J connectivity index is 2.66. The van der Waals surface area contributed by atoms with Crippen LogP contribution < -0.4 is 10.5 Å². The number of rotatable bonds is 7. The van der Waals surface area contributed by atoms with Crippen LogP contribution in [0.1, 0.15) is 18.4 Å². The number of nitrogens with two attached hydrogens (primary N) is 1. The Kier molecular flexibility index (Phi) is 7.07. The molecule has 0 saturated heterocycles. The predicted octanol–water partition coefficient (Wildman–Crippen LogP) is 1.31. The number of nitrogens with zero attached hydrogens (tertiary/aromatic N) is 2. The molecule has 0 aliphatic heterocycles. The third kappa shape index (κ3) is 5.87. The van der Waals surface area contributed by atoms with Crippen LogP contribution in [0.3, 0.4) is 0 Å². The standard InChI is InChI=1S/C15H24N4O2S/c1-4-5-6-10-19(3)15(17-2)18-12-13-8-7-9-14(11-13)22(16,20)21/h4,7-9,11H,1,5-6,10,12H2,2-3H3,(H,17,18)(H2,16,20,21). The number of sulfonamides is 1. The molecule has 0 atom stereocenters. The fourth-order valence-electron chi connectivity index (χ4n) is 1.98. The molecule has 3 N–H and O–H groups in total. The lowest BCUT2D eigenvalue weighted by atomic mass is 10.2. The molecule has 0 saturated carbocycles. The molecule has 22 heavy (non-hydrogen) atoms. The zero-order chi connectivity index (χ0) is 16.6. The molecule has 1 aromatic rings. The quantitative estimate of drug-likeness (QED) is 0.342. The Morgan fingerprint density at radius 1 is 1.50 bits per heavy atom. The molecule has 0 aliphatic carbocycles. The van der Waals surface area contributed by atoms with Gasteiger partial charge >= 0.3 is 0 Å². The minimum Gasteiger partial charge on any atom is -0.352 e. The first-order valence-corrected chi connectivity index (χ1v) is 8.57. The molecule has 1 aromatic carbocycles. The average Bonchev–Trinajstić information content (AvgIpc) is 2.47. The van der Waals surface area contributed by atoms with Crippen molar-refractivity contribution in [3.05, 3.63) is 42.5 Å². The van der Waals surface area contributed by atoms with E-state index in [0.29, 0.717) is 6.54 Å². The van der Waals surface area contributed by atoms with Crippen LogP contribution in [0.25, 0.3) is 0 Å². The Bertz CT molecular complexity index is 626. The maximum atomic E-state index is 11.4. The second-order valence-electron chi connectivity index (χ2n) is 4.95. The van der Waals surface area contributed by atoms with E-state index in [1.54, 1.807) is 19.2 Å². The minimum absolute atomic E-state index is 0.112. The summed E-state index contributed by atoms with van der Waals surface area (Å²) in [5.41, 5.74) is 0.826. The highest BCUT2D eigenvalue weighted by Gasteiger charge is 2.09. The highest BCUT2D eigenvalue weighted by molar-refractivity contribution is 7.89. The van der Waals surface area contributed by atoms with Gasteiger partial charge in [0.1, 0.15) is 0 Å². The van der Waals surface area contributed by atoms with Crippen molar-refractivity contribution in [2.24, 2.45) is 10.1 Å². The SMILES string of the molecule is C=CCCCN(C)C(=NC)NCc1cccc(S(N)(=O)=O)c1. The van der Waals surface area contributed by atoms with Gasteiger partial charge in [-0.25, -0.2) is 13.6 Å². The van der Waals surface area contributed by atoms with Crippen molar-refractivity contribution in [3.63, 3.8) is 0 Å². The molecule has 1 rings (SSSR count). The summed E-state index contributed by atoms with van der Waals surface area (Å²) in [6.07, 6.45) is 3.85. The molecule has 122 valence electrons. The number of aliphatic imine (C=N–C) groups is 1. The van der Waals surface area contributed by atoms with Gasteiger partial charge in [0.05, 0.1) is 4.90 Å². The second kappa shape index (κ2) is 8.55. The van der Waals surface area contributed by atoms with Crippen LogP contribution in [0, 0.1) is 0 Å². The number of hydrogen-bond donors (Lipinski definition) is 2. The number of benzene rings is 1. The summed E-state index contributed by atoms with van der Waals surface area (Å²) in [4.78, 5) is 6.35. The normalized spacial score (nSPS) is 12.0. The minimum atomic E-state index is -3.68. The molecule has 0 radical (unpaired) electrons. The van der Waals surface area contributed by atoms with Gasteiger partial charge < -0.3 is 10.2 Å². The van der Waals surface area contributed by atoms with Crippen molar-refractivity contribution < 1.29 is 8.42 Å². The summed E-state index contributed by atoms with van der Waals surface area (Å²) in [6.45, 7) is 5.04. The van der Waals surface area contributed by atoms with Gasteiger partial charge in [0.25, 0.3) is 0 Å². The van der Waals surface area contributed by atoms with Crippen LogP contribution in [0.2, 0.25) is 0 Å². The van der Waals surface area contributed by atoms with E-state index in [9.17, 15) is 8.42 Å². The van der Waals surface area contributed by atoms with Crippen molar-refractivity contribution >= 4 is 16.0 Å². The number of hydrogen-bond acceptors (Lipinski definition) is 3. The lowest BCUT2D eigenvalue weighted by molar-refractivity contribution is 0.470. The fourth-order valence-corrected chi connectivity index (χ4v) is 2.56. The first-order chi connectivity index (χ1) is 10.4. The Labute approximate surface area is 132 Å². The zero-order valence-corrected chi connectivity index (χ0v) is 13.9. The summed E-state index contributed by atoms with van der Waals surface area (Å²) in [6, 6.07) is 6.56. The Morgan fingerprint density at radius 2 is 2.23 bits per heavy atom. The third-order valence-electron chi connectivity index (χ3n) is 3.15. The van der Waals surface area contributed by atoms with Gasteiger partial charge in [0.15, 0.2) is 5.96 Å². The maximum Gasteiger partial charge on any atom is 0.238 e. The van der Waals surface area contributed by atoms with E-state index in [0.717, 1.165) is 30.9 Å². The number of nitrogens with one attached hydrogen (secondary N) is 1. The number of unbranched alkanes of at least 4 members (excludes halogenated alkanes) is 1. The van der Waals surface area contributed by atoms with Crippen molar-refractivity contribution in [3.8, 4) is 0 Å². The van der Waals surface area contributed by atoms with Gasteiger partial charge in [-0.15, -0.1) is 6.58 Å². The molecule has 0 aliphatic rings. The smallest absolute Gasteiger partial charge is 0.238 e. The third-order valence-corrected chi connectivity index (χ3v) is 4.06. The van der Waals surface area contributed by atoms with E-state index < -0.39 is 10.0 Å². The van der Waals surface area contributed by atoms with Crippen LogP contribution in [0.15, 0.2) is 46.8 Å². The summed E-state index contributed by atoms with van der Waals surface area (Å²) in [5, 5.41) is 8.34. The van der Waals surface area contributed by atoms with Gasteiger partial charge in [-0.2, -0.15) is 0 Å². The van der Waals surface area contributed by atoms with Gasteiger partial charge in [0.2, 0.25) is 10.0 Å². The fraction of sp³-hybridized carbons (Fsp3) is 0.400. The number of primary sulfonamides is 1. The zero-order valence-electron chi connectivity index (χ0n) is 13.1. The molecule has 6 nitrogen and oxygen atoms in total. The van der Waals surface area contributed by atoms with E-state index in [-0.39, 0.29) is 4.90 Å². The molecule has 7 heteroatoms. The molecule has 0 amide bonds. The molecule has 0 heterocycles. The van der Waals surface area contributed by atoms with Crippen molar-refractivity contribution in [2.75, 3.05) is 20.6 Å². The van der Waals surface area contributed by atoms with Gasteiger partial charge in [-0.05, 0) is 30.5 Å². The van der Waals surface area contributed by atoms with Crippen molar-refractivity contribution in [1.82, 2.24) is 10.2 Å². The first kappa shape index (κ1) is 18.2. The Morgan fingerprint density at radius 3 is 2.82 bits per heavy atom. The lowest BCUT2D eigenvalue weighted by Crippen LogP contribution is -2.39. The van der Waals surface area contributed by atoms with Crippen LogP contribution in [-0.2, 0) is 16.6 Å². The van der Waals surface area contributed by atoms with Crippen LogP contribution in [0.5, 0.6) is 0 Å². The molecule has 0 bridgehead atoms. The van der Waals surface area contributed by atoms with Crippen molar-refractivity contribution in [1.29, 1.82) is 0 Å². The number of allylic oxidation sites excluding steroid dienone is 1. The van der Waals surface area contributed by atoms with E-state index in [4.69, 9.17) is 5.14 Å². The monoisotopic (exact) mass is 324 g/mol. The van der Waals surface area contributed by atoms with Crippen LogP contribution >= 0.6 is 0 Å². The highest BCUT2D eigenvalue weighted by atomic mass is 32.2. The maximum absolute atomic E-state index is 11.4. The van der Waals surface area contributed by atoms with E-state index in [1.165, 1.54) is 6.07 Å². The van der Waals surface area contributed by atoms with Crippen LogP contribution in [-0.4, -0.2) is 39.9 Å². The largest absolute Gasteiger partial charge is 0.352 e. The van der Waals surface area contributed by atoms with E-state index >= 15 is 0 Å². The topological polar surface area (TPSA) is 87.8 Å². The second-order valence-corrected chi connectivity index (χ2v) is 6.51. The van der Waals surface area contributed by atoms with Gasteiger partial charge in [-0.1, -0.05) is 18.2 Å². The van der Waals surface area contributed by atoms with Gasteiger partial charge in [-0.3, -0.25) is 4.99 Å². The summed E-state index contributed by atoms with van der Waals surface area (Å²) < 4.78 is 22.7. The molecular weight excluding hydrogens is 300 g/mol. The molecule has 0 fully saturated rings. The summed E-state index contributed by atoms with van der Waals surface area (Å²) in [7, 11) is -0.00564. The number of guanidine groups is 1. The summed E-state index contributed by atoms with van der Waals surface area (Å²) >= 11 is 0. The lowest BCUT2D eigenvalue weighted by Gasteiger charge is -2.22. The Hall–Kier alpha value is -1.86. The average molecular weight is 324 g/mol. The first-order valence-electron chi connectivity index (χ1n) is 7.03. The molecular formula is C15H24N4O2S. The molecule has 0 spiro atoms. The predicted molar refractivity (Wildman–Crippen MR) is 90.1 cm³/mol.